The van der Waals surface area contributed by atoms with Crippen LogP contribution in [0.2, 0.25) is 5.02 Å². The van der Waals surface area contributed by atoms with E-state index in [4.69, 9.17) is 11.6 Å². The summed E-state index contributed by atoms with van der Waals surface area (Å²) in [4.78, 5) is 28.5. The molecule has 0 aromatic heterocycles. The first-order valence-electron chi connectivity index (χ1n) is 12.4. The number of halogens is 2. The lowest BCUT2D eigenvalue weighted by Crippen LogP contribution is -2.54. The monoisotopic (exact) mass is 633 g/mol. The maximum absolute atomic E-state index is 14.0. The van der Waals surface area contributed by atoms with Gasteiger partial charge in [0.15, 0.2) is 0 Å². The molecule has 1 N–H and O–H groups in total. The molecule has 10 heteroatoms. The molecule has 0 spiro atoms. The summed E-state index contributed by atoms with van der Waals surface area (Å²) >= 11 is 9.41. The molecule has 1 unspecified atom stereocenters. The summed E-state index contributed by atoms with van der Waals surface area (Å²) < 4.78 is 29.7. The van der Waals surface area contributed by atoms with E-state index in [1.54, 1.807) is 38.1 Å². The Kier molecular flexibility index (Phi) is 9.85. The molecule has 0 aliphatic heterocycles. The molecule has 208 valence electrons. The number of anilines is 1. The zero-order chi connectivity index (χ0) is 29.0. The van der Waals surface area contributed by atoms with Gasteiger partial charge in [-0.2, -0.15) is 0 Å². The van der Waals surface area contributed by atoms with E-state index >= 15 is 0 Å². The summed E-state index contributed by atoms with van der Waals surface area (Å²) in [6.45, 7) is 8.62. The first-order chi connectivity index (χ1) is 18.2. The average molecular weight is 635 g/mol. The summed E-state index contributed by atoms with van der Waals surface area (Å²) in [7, 11) is -4.15. The number of para-hydroxylation sites is 1. The van der Waals surface area contributed by atoms with Gasteiger partial charge < -0.3 is 10.2 Å². The second kappa shape index (κ2) is 12.5. The number of carbonyl (C=O) groups excluding carboxylic acids is 2. The van der Waals surface area contributed by atoms with Crippen molar-refractivity contribution in [3.8, 4) is 0 Å². The average Bonchev–Trinajstić information content (AvgIpc) is 2.86. The van der Waals surface area contributed by atoms with Gasteiger partial charge in [-0.15, -0.1) is 0 Å². The van der Waals surface area contributed by atoms with E-state index < -0.39 is 34.1 Å². The van der Waals surface area contributed by atoms with Gasteiger partial charge in [0.05, 0.1) is 10.6 Å². The van der Waals surface area contributed by atoms with Gasteiger partial charge in [0.2, 0.25) is 11.8 Å². The predicted molar refractivity (Wildman–Crippen MR) is 159 cm³/mol. The molecule has 0 saturated heterocycles. The van der Waals surface area contributed by atoms with E-state index in [9.17, 15) is 18.0 Å². The molecule has 0 radical (unpaired) electrons. The fourth-order valence-corrected chi connectivity index (χ4v) is 5.80. The predicted octanol–water partition coefficient (Wildman–Crippen LogP) is 5.94. The van der Waals surface area contributed by atoms with Crippen molar-refractivity contribution in [3.05, 3.63) is 93.4 Å². The SMILES string of the molecule is Cc1ccccc1N(CC(=O)N(Cc1ccc(Br)cc1)C(C)C(=O)NC(C)(C)C)S(=O)(=O)c1ccc(Cl)cc1. The van der Waals surface area contributed by atoms with Crippen LogP contribution in [-0.4, -0.2) is 43.3 Å². The summed E-state index contributed by atoms with van der Waals surface area (Å²) in [6.07, 6.45) is 0. The van der Waals surface area contributed by atoms with E-state index in [0.717, 1.165) is 14.3 Å². The van der Waals surface area contributed by atoms with Crippen LogP contribution in [0.15, 0.2) is 82.2 Å². The van der Waals surface area contributed by atoms with E-state index in [0.29, 0.717) is 16.3 Å². The zero-order valence-electron chi connectivity index (χ0n) is 22.6. The van der Waals surface area contributed by atoms with E-state index in [1.165, 1.54) is 29.2 Å². The Morgan fingerprint density at radius 3 is 2.13 bits per heavy atom. The van der Waals surface area contributed by atoms with Gasteiger partial charge in [-0.25, -0.2) is 8.42 Å². The first kappa shape index (κ1) is 30.7. The number of hydrogen-bond donors (Lipinski definition) is 1. The minimum absolute atomic E-state index is 0.000867. The minimum atomic E-state index is -4.15. The van der Waals surface area contributed by atoms with Crippen molar-refractivity contribution in [1.82, 2.24) is 10.2 Å². The van der Waals surface area contributed by atoms with Gasteiger partial charge in [0, 0.05) is 21.6 Å². The quantitative estimate of drug-likeness (QED) is 0.316. The van der Waals surface area contributed by atoms with Crippen LogP contribution in [0.3, 0.4) is 0 Å². The lowest BCUT2D eigenvalue weighted by Gasteiger charge is -2.33. The minimum Gasteiger partial charge on any atom is -0.350 e. The van der Waals surface area contributed by atoms with Gasteiger partial charge in [-0.1, -0.05) is 57.9 Å². The Morgan fingerprint density at radius 1 is 0.974 bits per heavy atom. The van der Waals surface area contributed by atoms with Crippen molar-refractivity contribution in [2.24, 2.45) is 0 Å². The van der Waals surface area contributed by atoms with Crippen molar-refractivity contribution in [2.75, 3.05) is 10.8 Å². The standard InChI is InChI=1S/C29H33BrClN3O4S/c1-20-8-6-7-9-26(20)34(39(37,38)25-16-14-24(31)15-17-25)19-27(35)33(18-22-10-12-23(30)13-11-22)21(2)28(36)32-29(3,4)5/h6-17,21H,18-19H2,1-5H3,(H,32,36). The summed E-state index contributed by atoms with van der Waals surface area (Å²) in [5, 5.41) is 3.32. The van der Waals surface area contributed by atoms with Crippen LogP contribution < -0.4 is 9.62 Å². The highest BCUT2D eigenvalue weighted by atomic mass is 79.9. The van der Waals surface area contributed by atoms with Crippen LogP contribution in [0.5, 0.6) is 0 Å². The van der Waals surface area contributed by atoms with Gasteiger partial charge in [-0.05, 0) is 88.2 Å². The van der Waals surface area contributed by atoms with Crippen LogP contribution in [0.1, 0.15) is 38.8 Å². The Morgan fingerprint density at radius 2 is 1.56 bits per heavy atom. The Hall–Kier alpha value is -2.88. The van der Waals surface area contributed by atoms with Crippen LogP contribution in [0, 0.1) is 6.92 Å². The number of nitrogens with one attached hydrogen (secondary N) is 1. The third-order valence-electron chi connectivity index (χ3n) is 6.00. The number of aryl methyl sites for hydroxylation is 1. The van der Waals surface area contributed by atoms with Crippen molar-refractivity contribution < 1.29 is 18.0 Å². The third-order valence-corrected chi connectivity index (χ3v) is 8.55. The number of hydrogen-bond acceptors (Lipinski definition) is 4. The molecule has 0 aliphatic carbocycles. The number of amides is 2. The lowest BCUT2D eigenvalue weighted by atomic mass is 10.1. The highest BCUT2D eigenvalue weighted by Gasteiger charge is 2.33. The summed E-state index contributed by atoms with van der Waals surface area (Å²) in [5.41, 5.74) is 1.34. The summed E-state index contributed by atoms with van der Waals surface area (Å²) in [5.74, 6) is -0.855. The fourth-order valence-electron chi connectivity index (χ4n) is 3.93. The lowest BCUT2D eigenvalue weighted by molar-refractivity contribution is -0.140. The highest BCUT2D eigenvalue weighted by Crippen LogP contribution is 2.28. The molecule has 0 fully saturated rings. The molecule has 3 aromatic rings. The number of carbonyl (C=O) groups is 2. The molecule has 39 heavy (non-hydrogen) atoms. The number of sulfonamides is 1. The van der Waals surface area contributed by atoms with Crippen LogP contribution >= 0.6 is 27.5 Å². The van der Waals surface area contributed by atoms with Gasteiger partial charge >= 0.3 is 0 Å². The topological polar surface area (TPSA) is 86.8 Å². The molecule has 0 bridgehead atoms. The van der Waals surface area contributed by atoms with Crippen molar-refractivity contribution in [1.29, 1.82) is 0 Å². The molecular formula is C29H33BrClN3O4S. The molecule has 2 amide bonds. The second-order valence-electron chi connectivity index (χ2n) is 10.3. The van der Waals surface area contributed by atoms with Crippen molar-refractivity contribution in [3.63, 3.8) is 0 Å². The van der Waals surface area contributed by atoms with Crippen LogP contribution in [0.25, 0.3) is 0 Å². The smallest absolute Gasteiger partial charge is 0.264 e. The van der Waals surface area contributed by atoms with Crippen molar-refractivity contribution >= 4 is 55.1 Å². The summed E-state index contributed by atoms with van der Waals surface area (Å²) in [6, 6.07) is 19.3. The maximum atomic E-state index is 14.0. The number of nitrogens with zero attached hydrogens (tertiary/aromatic N) is 2. The van der Waals surface area contributed by atoms with Gasteiger partial charge in [0.1, 0.15) is 12.6 Å². The highest BCUT2D eigenvalue weighted by molar-refractivity contribution is 9.10. The van der Waals surface area contributed by atoms with Crippen LogP contribution in [-0.2, 0) is 26.2 Å². The maximum Gasteiger partial charge on any atom is 0.264 e. The van der Waals surface area contributed by atoms with Crippen molar-refractivity contribution in [2.45, 2.75) is 57.6 Å². The number of benzene rings is 3. The molecule has 3 rings (SSSR count). The Balaban J connectivity index is 2.04. The Labute approximate surface area is 244 Å². The molecule has 0 heterocycles. The van der Waals surface area contributed by atoms with E-state index in [2.05, 4.69) is 21.2 Å². The van der Waals surface area contributed by atoms with E-state index in [-0.39, 0.29) is 17.3 Å². The third kappa shape index (κ3) is 8.06. The van der Waals surface area contributed by atoms with E-state index in [1.807, 2.05) is 45.0 Å². The number of rotatable bonds is 9. The fraction of sp³-hybridized carbons (Fsp3) is 0.310. The molecule has 0 aliphatic rings. The van der Waals surface area contributed by atoms with Crippen LogP contribution in [0.4, 0.5) is 5.69 Å². The molecular weight excluding hydrogens is 602 g/mol. The zero-order valence-corrected chi connectivity index (χ0v) is 25.8. The first-order valence-corrected chi connectivity index (χ1v) is 15.0. The molecule has 0 saturated carbocycles. The Bertz CT molecular complexity index is 1420. The second-order valence-corrected chi connectivity index (χ2v) is 13.5. The molecule has 1 atom stereocenters. The largest absolute Gasteiger partial charge is 0.350 e. The van der Waals surface area contributed by atoms with Gasteiger partial charge in [0.25, 0.3) is 10.0 Å². The molecule has 3 aromatic carbocycles. The normalized spacial score (nSPS) is 12.5. The van der Waals surface area contributed by atoms with Gasteiger partial charge in [-0.3, -0.25) is 13.9 Å². The molecule has 7 nitrogen and oxygen atoms in total.